The molecule has 0 spiro atoms. The van der Waals surface area contributed by atoms with Crippen LogP contribution in [0.3, 0.4) is 0 Å². The van der Waals surface area contributed by atoms with Gasteiger partial charge in [-0.15, -0.1) is 30.2 Å². The van der Waals surface area contributed by atoms with Crippen LogP contribution in [0.15, 0.2) is 12.2 Å². The first-order valence-corrected chi connectivity index (χ1v) is 12.3. The van der Waals surface area contributed by atoms with Gasteiger partial charge in [-0.25, -0.2) is 0 Å². The van der Waals surface area contributed by atoms with Gasteiger partial charge < -0.3 is 41.7 Å². The van der Waals surface area contributed by atoms with Crippen molar-refractivity contribution in [2.45, 2.75) is 141 Å². The Hall–Kier alpha value is 0.745. The number of aliphatic hydroxyl groups is 4. The molecule has 10 heteroatoms. The van der Waals surface area contributed by atoms with Gasteiger partial charge in [-0.3, -0.25) is 0 Å². The molecule has 0 aliphatic carbocycles. The number of aliphatic hydroxyl groups excluding tert-OH is 4. The maximum Gasteiger partial charge on any atom is 2.00 e. The fraction of sp³-hybridized carbons (Fsp3) is 0.917. The van der Waals surface area contributed by atoms with Crippen molar-refractivity contribution in [2.75, 3.05) is 0 Å². The Bertz CT molecular complexity index is 436. The molecule has 0 saturated carbocycles. The molecule has 3 saturated heterocycles. The molecule has 0 amide bonds. The zero-order valence-electron chi connectivity index (χ0n) is 21.1. The third kappa shape index (κ3) is 19.9. The molecule has 8 unspecified atom stereocenters. The summed E-state index contributed by atoms with van der Waals surface area (Å²) < 4.78 is 0. The summed E-state index contributed by atoms with van der Waals surface area (Å²) in [4.78, 5) is 0. The largest absolute Gasteiger partial charge is 2.00 e. The minimum absolute atomic E-state index is 0. The summed E-state index contributed by atoms with van der Waals surface area (Å²) in [5.74, 6) is 0. The van der Waals surface area contributed by atoms with Gasteiger partial charge in [0.25, 0.3) is 0 Å². The van der Waals surface area contributed by atoms with E-state index < -0.39 is 6.23 Å². The predicted octanol–water partition coefficient (Wildman–Crippen LogP) is 4.77. The number of hydrogen-bond acceptors (Lipinski definition) is 4. The number of piperidine rings is 3. The van der Waals surface area contributed by atoms with E-state index in [0.29, 0.717) is 24.5 Å². The molecule has 0 radical (unpaired) electrons. The van der Waals surface area contributed by atoms with Gasteiger partial charge in [0.1, 0.15) is 0 Å². The molecule has 0 bridgehead atoms. The van der Waals surface area contributed by atoms with E-state index >= 15 is 0 Å². The molecule has 34 heavy (non-hydrogen) atoms. The second-order valence-electron chi connectivity index (χ2n) is 9.26. The maximum absolute atomic E-state index is 8.91. The maximum atomic E-state index is 8.91. The summed E-state index contributed by atoms with van der Waals surface area (Å²) in [7, 11) is 0. The van der Waals surface area contributed by atoms with Gasteiger partial charge in [0.15, 0.2) is 0 Å². The molecule has 8 nitrogen and oxygen atoms in total. The monoisotopic (exact) mass is 666 g/mol. The summed E-state index contributed by atoms with van der Waals surface area (Å²) in [6.45, 7) is 8.09. The first kappa shape index (κ1) is 36.9. The number of rotatable bonds is 0. The zero-order chi connectivity index (χ0) is 23.9. The van der Waals surface area contributed by atoms with Crippen molar-refractivity contribution in [3.8, 4) is 0 Å². The van der Waals surface area contributed by atoms with Crippen LogP contribution in [0, 0.1) is 0 Å². The second kappa shape index (κ2) is 21.8. The predicted molar refractivity (Wildman–Crippen MR) is 131 cm³/mol. The SMILES string of the molecule is CC1C=CCC(O)[N-]1.CC1CCCC(O)[N-]1.CC1CCCC(O)[N-]1.CC1CCCC(O)[N-]1.[Pd+2].[Pd+2]. The zero-order valence-corrected chi connectivity index (χ0v) is 24.2. The quantitative estimate of drug-likeness (QED) is 0.219. The fourth-order valence-corrected chi connectivity index (χ4v) is 3.90. The fourth-order valence-electron chi connectivity index (χ4n) is 3.90. The van der Waals surface area contributed by atoms with Gasteiger partial charge >= 0.3 is 40.8 Å². The van der Waals surface area contributed by atoms with Gasteiger partial charge in [0, 0.05) is 0 Å². The van der Waals surface area contributed by atoms with Crippen molar-refractivity contribution in [2.24, 2.45) is 0 Å². The Labute approximate surface area is 234 Å². The van der Waals surface area contributed by atoms with Crippen LogP contribution in [0.5, 0.6) is 0 Å². The van der Waals surface area contributed by atoms with Crippen LogP contribution in [-0.4, -0.2) is 69.5 Å². The molecule has 0 aromatic heterocycles. The van der Waals surface area contributed by atoms with Crippen molar-refractivity contribution in [3.63, 3.8) is 0 Å². The Balaban J connectivity index is 0. The molecular weight excluding hydrogens is 621 g/mol. The van der Waals surface area contributed by atoms with Crippen LogP contribution < -0.4 is 0 Å². The molecule has 4 aliphatic rings. The first-order valence-electron chi connectivity index (χ1n) is 12.3. The van der Waals surface area contributed by atoms with E-state index in [1.807, 2.05) is 39.8 Å². The summed E-state index contributed by atoms with van der Waals surface area (Å²) >= 11 is 0. The average Bonchev–Trinajstić information content (AvgIpc) is 2.69. The van der Waals surface area contributed by atoms with Crippen molar-refractivity contribution in [3.05, 3.63) is 33.4 Å². The van der Waals surface area contributed by atoms with Gasteiger partial charge in [-0.2, -0.15) is 0 Å². The van der Waals surface area contributed by atoms with Crippen LogP contribution in [0.25, 0.3) is 21.3 Å². The van der Waals surface area contributed by atoms with E-state index in [1.54, 1.807) is 0 Å². The van der Waals surface area contributed by atoms with Gasteiger partial charge in [0.05, 0.1) is 0 Å². The normalized spacial score (nSPS) is 36.9. The molecular formula is C24H46N4O4Pd2. The number of hydrogen-bond donors (Lipinski definition) is 4. The topological polar surface area (TPSA) is 137 Å². The number of nitrogens with zero attached hydrogens (tertiary/aromatic N) is 4. The smallest absolute Gasteiger partial charge is 0.634 e. The van der Waals surface area contributed by atoms with Crippen LogP contribution in [0.4, 0.5) is 0 Å². The van der Waals surface area contributed by atoms with E-state index in [9.17, 15) is 0 Å². The molecule has 0 aromatic carbocycles. The molecule has 4 rings (SSSR count). The summed E-state index contributed by atoms with van der Waals surface area (Å²) in [6.07, 6.45) is 12.5. The third-order valence-corrected chi connectivity index (χ3v) is 5.70. The van der Waals surface area contributed by atoms with E-state index in [1.165, 1.54) is 0 Å². The van der Waals surface area contributed by atoms with Crippen LogP contribution in [-0.2, 0) is 40.8 Å². The van der Waals surface area contributed by atoms with Gasteiger partial charge in [-0.05, 0) is 50.6 Å². The Morgan fingerprint density at radius 2 is 0.882 bits per heavy atom. The van der Waals surface area contributed by atoms with E-state index in [2.05, 4.69) is 21.3 Å². The second-order valence-corrected chi connectivity index (χ2v) is 9.26. The van der Waals surface area contributed by atoms with Crippen molar-refractivity contribution in [1.29, 1.82) is 0 Å². The molecule has 4 N–H and O–H groups in total. The molecule has 206 valence electrons. The Morgan fingerprint density at radius 1 is 0.529 bits per heavy atom. The summed E-state index contributed by atoms with van der Waals surface area (Å²) in [5, 5.41) is 51.7. The minimum Gasteiger partial charge on any atom is -0.634 e. The molecule has 4 aliphatic heterocycles. The molecule has 8 atom stereocenters. The minimum atomic E-state index is -0.449. The molecule has 3 fully saturated rings. The molecule has 4 heterocycles. The molecule has 0 aromatic rings. The van der Waals surface area contributed by atoms with Crippen molar-refractivity contribution < 1.29 is 61.3 Å². The summed E-state index contributed by atoms with van der Waals surface area (Å²) in [5.41, 5.74) is 0. The third-order valence-electron chi connectivity index (χ3n) is 5.70. The van der Waals surface area contributed by atoms with E-state index in [4.69, 9.17) is 20.4 Å². The van der Waals surface area contributed by atoms with Crippen molar-refractivity contribution in [1.82, 2.24) is 0 Å². The van der Waals surface area contributed by atoms with E-state index in [0.717, 1.165) is 57.8 Å². The van der Waals surface area contributed by atoms with Crippen LogP contribution in [0.1, 0.15) is 91.9 Å². The van der Waals surface area contributed by atoms with Gasteiger partial charge in [0.2, 0.25) is 0 Å². The van der Waals surface area contributed by atoms with E-state index in [-0.39, 0.29) is 65.6 Å². The standard InChI is InChI=1S/3C6H12NO.C6H10NO.2Pd/c4*1-5-3-2-4-6(8)7-5;;/h3*5-6,8H,2-4H2,1H3;2-3,5-6,8H,4H2,1H3;;/q4*-1;2*+2. The average molecular weight is 667 g/mol. The van der Waals surface area contributed by atoms with Crippen LogP contribution in [0.2, 0.25) is 0 Å². The summed E-state index contributed by atoms with van der Waals surface area (Å²) in [6, 6.07) is 1.37. The Kier molecular flexibility index (Phi) is 23.7. The Morgan fingerprint density at radius 3 is 1.06 bits per heavy atom. The first-order chi connectivity index (χ1) is 15.2. The van der Waals surface area contributed by atoms with Gasteiger partial charge in [-0.1, -0.05) is 72.3 Å². The van der Waals surface area contributed by atoms with Crippen molar-refractivity contribution >= 4 is 0 Å². The van der Waals surface area contributed by atoms with Crippen LogP contribution >= 0.6 is 0 Å².